The first-order valence-corrected chi connectivity index (χ1v) is 14.3. The molecular weight excluding hydrogens is 547 g/mol. The number of benzene rings is 1. The highest BCUT2D eigenvalue weighted by atomic mass is 19.1. The molecule has 3 N–H and O–H groups in total. The summed E-state index contributed by atoms with van der Waals surface area (Å²) in [6.45, 7) is 4.22. The number of halogens is 1. The minimum atomic E-state index is -2.08. The number of rotatable bonds is 7. The molecular formula is C32H37FO9. The number of hydrogen-bond acceptors (Lipinski definition) is 8. The first-order chi connectivity index (χ1) is 19.7. The van der Waals surface area contributed by atoms with Crippen molar-refractivity contribution in [1.82, 2.24) is 0 Å². The number of fused-ring (bicyclic) bond motifs is 5. The van der Waals surface area contributed by atoms with Crippen LogP contribution in [-0.4, -0.2) is 63.0 Å². The van der Waals surface area contributed by atoms with Crippen LogP contribution in [0.1, 0.15) is 57.6 Å². The number of alkyl halides is 1. The van der Waals surface area contributed by atoms with E-state index in [9.17, 15) is 29.4 Å². The summed E-state index contributed by atoms with van der Waals surface area (Å²) in [5, 5.41) is 32.3. The molecule has 4 aliphatic rings. The Labute approximate surface area is 243 Å². The molecule has 9 nitrogen and oxygen atoms in total. The van der Waals surface area contributed by atoms with Crippen molar-refractivity contribution >= 4 is 23.7 Å². The van der Waals surface area contributed by atoms with E-state index < -0.39 is 70.5 Å². The van der Waals surface area contributed by atoms with Crippen LogP contribution in [0, 0.1) is 28.6 Å². The van der Waals surface area contributed by atoms with Gasteiger partial charge in [0, 0.05) is 16.7 Å². The van der Waals surface area contributed by atoms with E-state index in [1.807, 2.05) is 0 Å². The van der Waals surface area contributed by atoms with Gasteiger partial charge in [0.1, 0.15) is 12.2 Å². The predicted octanol–water partition coefficient (Wildman–Crippen LogP) is 3.88. The Morgan fingerprint density at radius 2 is 1.74 bits per heavy atom. The lowest BCUT2D eigenvalue weighted by atomic mass is 9.44. The number of carboxylic acid groups (broad SMARTS) is 1. The van der Waals surface area contributed by atoms with E-state index in [0.29, 0.717) is 36.0 Å². The molecule has 5 rings (SSSR count). The average Bonchev–Trinajstić information content (AvgIpc) is 3.13. The van der Waals surface area contributed by atoms with Gasteiger partial charge in [0.2, 0.25) is 5.78 Å². The van der Waals surface area contributed by atoms with Gasteiger partial charge in [-0.2, -0.15) is 0 Å². The molecule has 1 aromatic rings. The van der Waals surface area contributed by atoms with Gasteiger partial charge in [0.15, 0.2) is 18.1 Å². The fraction of sp³-hybridized carbons (Fsp3) is 0.562. The van der Waals surface area contributed by atoms with Crippen molar-refractivity contribution in [3.63, 3.8) is 0 Å². The molecule has 8 atom stereocenters. The van der Waals surface area contributed by atoms with Gasteiger partial charge in [0.05, 0.1) is 12.5 Å². The van der Waals surface area contributed by atoms with Gasteiger partial charge in [-0.3, -0.25) is 14.4 Å². The Balaban J connectivity index is 1.28. The van der Waals surface area contributed by atoms with Crippen molar-refractivity contribution < 1.29 is 48.4 Å². The van der Waals surface area contributed by atoms with Crippen LogP contribution < -0.4 is 0 Å². The predicted molar refractivity (Wildman–Crippen MR) is 147 cm³/mol. The van der Waals surface area contributed by atoms with Gasteiger partial charge in [-0.25, -0.2) is 9.18 Å². The first-order valence-electron chi connectivity index (χ1n) is 14.3. The minimum absolute atomic E-state index is 0.133. The third-order valence-electron chi connectivity index (χ3n) is 10.7. The summed E-state index contributed by atoms with van der Waals surface area (Å²) in [6.07, 6.45) is 2.62. The van der Waals surface area contributed by atoms with E-state index in [1.54, 1.807) is 51.1 Å². The molecule has 3 saturated carbocycles. The highest BCUT2D eigenvalue weighted by Gasteiger charge is 2.75. The summed E-state index contributed by atoms with van der Waals surface area (Å²) in [5.74, 6) is -3.60. The monoisotopic (exact) mass is 584 g/mol. The molecule has 0 heterocycles. The Hall–Kier alpha value is -3.37. The van der Waals surface area contributed by atoms with Gasteiger partial charge in [-0.1, -0.05) is 49.8 Å². The minimum Gasteiger partial charge on any atom is -0.481 e. The highest BCUT2D eigenvalue weighted by Crippen LogP contribution is 2.70. The SMILES string of the molecule is C[C@@H]1C[C@H]2[C@@H]3CCC4=CC(=O)C=C[C@]4(C)[C@@]3(F)[C@@H](O)C[C@]2(C)[C@@]1(O)C(=O)COC(=O)OCc1ccc(CC(=O)O)cc1. The Morgan fingerprint density at radius 1 is 1.07 bits per heavy atom. The zero-order chi connectivity index (χ0) is 30.7. The molecule has 0 radical (unpaired) electrons. The lowest BCUT2D eigenvalue weighted by Gasteiger charge is -2.62. The second kappa shape index (κ2) is 10.4. The van der Waals surface area contributed by atoms with Crippen molar-refractivity contribution in [2.45, 2.75) is 76.9 Å². The Morgan fingerprint density at radius 3 is 2.40 bits per heavy atom. The van der Waals surface area contributed by atoms with Crippen molar-refractivity contribution in [3.8, 4) is 0 Å². The number of hydrogen-bond donors (Lipinski definition) is 3. The fourth-order valence-electron chi connectivity index (χ4n) is 8.49. The quantitative estimate of drug-likeness (QED) is 0.406. The lowest BCUT2D eigenvalue weighted by Crippen LogP contribution is -2.69. The summed E-state index contributed by atoms with van der Waals surface area (Å²) in [4.78, 5) is 48.7. The third kappa shape index (κ3) is 4.41. The van der Waals surface area contributed by atoms with Crippen LogP contribution in [-0.2, 0) is 36.9 Å². The number of carboxylic acids is 1. The second-order valence-electron chi connectivity index (χ2n) is 12.8. The van der Waals surface area contributed by atoms with Crippen LogP contribution in [0.4, 0.5) is 9.18 Å². The number of aliphatic hydroxyl groups excluding tert-OH is 1. The van der Waals surface area contributed by atoms with Crippen molar-refractivity contribution in [3.05, 3.63) is 59.2 Å². The topological polar surface area (TPSA) is 147 Å². The van der Waals surface area contributed by atoms with E-state index >= 15 is 4.39 Å². The maximum atomic E-state index is 17.3. The molecule has 0 spiro atoms. The second-order valence-corrected chi connectivity index (χ2v) is 12.8. The number of carbonyl (C=O) groups excluding carboxylic acids is 3. The molecule has 0 bridgehead atoms. The molecule has 0 saturated heterocycles. The zero-order valence-electron chi connectivity index (χ0n) is 24.0. The maximum absolute atomic E-state index is 17.3. The molecule has 226 valence electrons. The Kier molecular flexibility index (Phi) is 7.46. The number of ether oxygens (including phenoxy) is 2. The third-order valence-corrected chi connectivity index (χ3v) is 10.7. The molecule has 0 aliphatic heterocycles. The normalized spacial score (nSPS) is 38.5. The summed E-state index contributed by atoms with van der Waals surface area (Å²) < 4.78 is 27.4. The smallest absolute Gasteiger partial charge is 0.481 e. The maximum Gasteiger partial charge on any atom is 0.509 e. The molecule has 1 aromatic carbocycles. The summed E-state index contributed by atoms with van der Waals surface area (Å²) in [6, 6.07) is 6.44. The lowest BCUT2D eigenvalue weighted by molar-refractivity contribution is -0.219. The molecule has 0 amide bonds. The molecule has 0 aromatic heterocycles. The summed E-state index contributed by atoms with van der Waals surface area (Å²) in [7, 11) is 0. The molecule has 0 unspecified atom stereocenters. The largest absolute Gasteiger partial charge is 0.509 e. The summed E-state index contributed by atoms with van der Waals surface area (Å²) in [5.41, 5.74) is -4.59. The van der Waals surface area contributed by atoms with Gasteiger partial charge < -0.3 is 24.8 Å². The summed E-state index contributed by atoms with van der Waals surface area (Å²) >= 11 is 0. The number of Topliss-reactive ketones (excluding diaryl/α,β-unsaturated/α-hetero) is 1. The fourth-order valence-corrected chi connectivity index (χ4v) is 8.49. The van der Waals surface area contributed by atoms with Crippen molar-refractivity contribution in [1.29, 1.82) is 0 Å². The van der Waals surface area contributed by atoms with Gasteiger partial charge in [0.25, 0.3) is 0 Å². The number of ketones is 2. The number of allylic oxidation sites excluding steroid dienone is 4. The first kappa shape index (κ1) is 30.1. The van der Waals surface area contributed by atoms with Crippen LogP contribution in [0.2, 0.25) is 0 Å². The van der Waals surface area contributed by atoms with Crippen LogP contribution in [0.15, 0.2) is 48.1 Å². The van der Waals surface area contributed by atoms with Gasteiger partial charge >= 0.3 is 12.1 Å². The number of carbonyl (C=O) groups is 4. The Bertz CT molecular complexity index is 1370. The van der Waals surface area contributed by atoms with E-state index in [0.717, 1.165) is 0 Å². The van der Waals surface area contributed by atoms with Crippen LogP contribution >= 0.6 is 0 Å². The van der Waals surface area contributed by atoms with Crippen LogP contribution in [0.5, 0.6) is 0 Å². The molecule has 4 aliphatic carbocycles. The van der Waals surface area contributed by atoms with Crippen LogP contribution in [0.3, 0.4) is 0 Å². The number of aliphatic hydroxyl groups is 2. The number of aliphatic carboxylic acids is 1. The van der Waals surface area contributed by atoms with E-state index in [4.69, 9.17) is 14.6 Å². The van der Waals surface area contributed by atoms with Gasteiger partial charge in [-0.15, -0.1) is 0 Å². The van der Waals surface area contributed by atoms with Crippen molar-refractivity contribution in [2.24, 2.45) is 28.6 Å². The van der Waals surface area contributed by atoms with E-state index in [2.05, 4.69) is 0 Å². The van der Waals surface area contributed by atoms with E-state index in [-0.39, 0.29) is 25.2 Å². The van der Waals surface area contributed by atoms with Crippen LogP contribution in [0.25, 0.3) is 0 Å². The average molecular weight is 585 g/mol. The zero-order valence-corrected chi connectivity index (χ0v) is 24.0. The van der Waals surface area contributed by atoms with E-state index in [1.165, 1.54) is 12.2 Å². The molecule has 3 fully saturated rings. The molecule has 42 heavy (non-hydrogen) atoms. The molecule has 10 heteroatoms. The van der Waals surface area contributed by atoms with Crippen molar-refractivity contribution in [2.75, 3.05) is 6.61 Å². The standard InChI is InChI=1S/C32H37FO9/c1-18-12-24-23-9-8-21-14-22(34)10-11-29(21,2)31(23,33)25(35)15-30(24,3)32(18,40)26(36)17-42-28(39)41-16-20-6-4-19(5-7-20)13-27(37)38/h4-7,10-11,14,18,23-25,35,40H,8-9,12-13,15-17H2,1-3H3,(H,37,38)/t18-,23+,24+,25+,29+,30+,31+,32+/m1/s1. The highest BCUT2D eigenvalue weighted by molar-refractivity contribution is 6.01. The van der Waals surface area contributed by atoms with Gasteiger partial charge in [-0.05, 0) is 67.7 Å².